The van der Waals surface area contributed by atoms with Crippen LogP contribution in [-0.4, -0.2) is 23.0 Å². The Kier molecular flexibility index (Phi) is 2.61. The highest BCUT2D eigenvalue weighted by Crippen LogP contribution is 2.62. The van der Waals surface area contributed by atoms with Crippen LogP contribution in [0.2, 0.25) is 0 Å². The van der Waals surface area contributed by atoms with Crippen LogP contribution in [0.4, 0.5) is 0 Å². The molecule has 0 unspecified atom stereocenters. The van der Waals surface area contributed by atoms with Crippen LogP contribution in [0.5, 0.6) is 0 Å². The van der Waals surface area contributed by atoms with Gasteiger partial charge in [0.25, 0.3) is 0 Å². The fourth-order valence-electron chi connectivity index (χ4n) is 1.97. The highest BCUT2D eigenvalue weighted by atomic mass is 16.4. The fourth-order valence-corrected chi connectivity index (χ4v) is 1.97. The largest absolute Gasteiger partial charge is 0.480 e. The zero-order chi connectivity index (χ0) is 12.9. The highest BCUT2D eigenvalue weighted by molar-refractivity contribution is 6.01. The summed E-state index contributed by atoms with van der Waals surface area (Å²) in [5.74, 6) is -1.51. The van der Waals surface area contributed by atoms with Crippen LogP contribution in [0, 0.1) is 16.2 Å². The molecule has 0 spiro atoms. The zero-order valence-electron chi connectivity index (χ0n) is 10.8. The minimum absolute atomic E-state index is 0.0250. The van der Waals surface area contributed by atoms with E-state index in [1.54, 1.807) is 0 Å². The van der Waals surface area contributed by atoms with Gasteiger partial charge in [-0.3, -0.25) is 9.59 Å². The molecule has 0 aromatic heterocycles. The summed E-state index contributed by atoms with van der Waals surface area (Å²) < 4.78 is 0. The summed E-state index contributed by atoms with van der Waals surface area (Å²) in [5, 5.41) is 11.8. The molecule has 2 N–H and O–H groups in total. The van der Waals surface area contributed by atoms with Crippen molar-refractivity contribution in [3.63, 3.8) is 0 Å². The molecule has 0 aliphatic heterocycles. The van der Waals surface area contributed by atoms with Crippen molar-refractivity contribution in [2.45, 2.75) is 47.6 Å². The molecule has 0 bridgehead atoms. The zero-order valence-corrected chi connectivity index (χ0v) is 10.8. The molecule has 1 fully saturated rings. The number of hydrogen-bond acceptors (Lipinski definition) is 2. The van der Waals surface area contributed by atoms with Crippen LogP contribution in [-0.2, 0) is 9.59 Å². The summed E-state index contributed by atoms with van der Waals surface area (Å²) in [5.41, 5.74) is -1.32. The van der Waals surface area contributed by atoms with Gasteiger partial charge in [-0.2, -0.15) is 0 Å². The van der Waals surface area contributed by atoms with E-state index >= 15 is 0 Å². The van der Waals surface area contributed by atoms with Gasteiger partial charge in [-0.25, -0.2) is 0 Å². The molecule has 92 valence electrons. The Bertz CT molecular complexity index is 328. The standard InChI is InChI=1S/C12H21NO3/c1-10(2,9(15)16)8(14)13-7-11(3,4)12(7,5)6/h7H,1-6H3,(H,13,14)(H,15,16). The van der Waals surface area contributed by atoms with Gasteiger partial charge in [0.1, 0.15) is 5.41 Å². The molecule has 4 heteroatoms. The van der Waals surface area contributed by atoms with E-state index < -0.39 is 17.3 Å². The lowest BCUT2D eigenvalue weighted by Crippen LogP contribution is -2.44. The lowest BCUT2D eigenvalue weighted by molar-refractivity contribution is -0.153. The molecule has 16 heavy (non-hydrogen) atoms. The Morgan fingerprint density at radius 3 is 1.75 bits per heavy atom. The topological polar surface area (TPSA) is 66.4 Å². The van der Waals surface area contributed by atoms with E-state index in [2.05, 4.69) is 33.0 Å². The van der Waals surface area contributed by atoms with Gasteiger partial charge in [-0.05, 0) is 24.7 Å². The number of aliphatic carboxylic acids is 1. The first-order valence-corrected chi connectivity index (χ1v) is 5.50. The van der Waals surface area contributed by atoms with Crippen LogP contribution in [0.15, 0.2) is 0 Å². The number of carbonyl (C=O) groups excluding carboxylic acids is 1. The molecular weight excluding hydrogens is 206 g/mol. The van der Waals surface area contributed by atoms with Gasteiger partial charge in [0.2, 0.25) is 5.91 Å². The van der Waals surface area contributed by atoms with Crippen LogP contribution in [0.1, 0.15) is 41.5 Å². The number of hydrogen-bond donors (Lipinski definition) is 2. The lowest BCUT2D eigenvalue weighted by Gasteiger charge is -2.19. The molecule has 1 rings (SSSR count). The average Bonchev–Trinajstić information content (AvgIpc) is 2.47. The maximum Gasteiger partial charge on any atom is 0.318 e. The number of amides is 1. The summed E-state index contributed by atoms with van der Waals surface area (Å²) in [6.45, 7) is 11.1. The molecule has 1 saturated carbocycles. The SMILES string of the molecule is CC(C)(C(=O)O)C(=O)NC1C(C)(C)C1(C)C. The van der Waals surface area contributed by atoms with Crippen LogP contribution < -0.4 is 5.32 Å². The maximum absolute atomic E-state index is 11.8. The number of carboxylic acid groups (broad SMARTS) is 1. The molecule has 0 saturated heterocycles. The minimum Gasteiger partial charge on any atom is -0.480 e. The molecule has 0 radical (unpaired) electrons. The van der Waals surface area contributed by atoms with Gasteiger partial charge in [0.05, 0.1) is 0 Å². The van der Waals surface area contributed by atoms with Crippen molar-refractivity contribution in [3.8, 4) is 0 Å². The second-order valence-electron chi connectivity index (χ2n) is 6.28. The third-order valence-electron chi connectivity index (χ3n) is 4.40. The van der Waals surface area contributed by atoms with Gasteiger partial charge >= 0.3 is 5.97 Å². The van der Waals surface area contributed by atoms with Crippen molar-refractivity contribution in [1.29, 1.82) is 0 Å². The lowest BCUT2D eigenvalue weighted by atomic mass is 9.92. The number of rotatable bonds is 3. The maximum atomic E-state index is 11.8. The van der Waals surface area contributed by atoms with Gasteiger partial charge in [-0.1, -0.05) is 27.7 Å². The predicted octanol–water partition coefficient (Wildman–Crippen LogP) is 1.65. The third kappa shape index (κ3) is 1.60. The normalized spacial score (nSPS) is 22.6. The summed E-state index contributed by atoms with van der Waals surface area (Å²) in [4.78, 5) is 22.8. The van der Waals surface area contributed by atoms with Crippen molar-refractivity contribution >= 4 is 11.9 Å². The summed E-state index contributed by atoms with van der Waals surface area (Å²) in [7, 11) is 0. The van der Waals surface area contributed by atoms with E-state index in [4.69, 9.17) is 5.11 Å². The van der Waals surface area contributed by atoms with Crippen molar-refractivity contribution in [2.24, 2.45) is 16.2 Å². The molecule has 4 nitrogen and oxygen atoms in total. The molecule has 0 atom stereocenters. The smallest absolute Gasteiger partial charge is 0.318 e. The van der Waals surface area contributed by atoms with E-state index in [1.807, 2.05) is 0 Å². The Morgan fingerprint density at radius 1 is 1.12 bits per heavy atom. The van der Waals surface area contributed by atoms with E-state index in [1.165, 1.54) is 13.8 Å². The predicted molar refractivity (Wildman–Crippen MR) is 60.9 cm³/mol. The molecule has 0 aromatic carbocycles. The van der Waals surface area contributed by atoms with E-state index in [0.29, 0.717) is 0 Å². The van der Waals surface area contributed by atoms with E-state index in [-0.39, 0.29) is 16.9 Å². The van der Waals surface area contributed by atoms with E-state index in [9.17, 15) is 9.59 Å². The highest BCUT2D eigenvalue weighted by Gasteiger charge is 2.66. The molecule has 1 aliphatic carbocycles. The Balaban J connectivity index is 2.73. The van der Waals surface area contributed by atoms with Crippen LogP contribution in [0.3, 0.4) is 0 Å². The Labute approximate surface area is 96.4 Å². The number of nitrogens with one attached hydrogen (secondary N) is 1. The first-order chi connectivity index (χ1) is 6.95. The first-order valence-electron chi connectivity index (χ1n) is 5.50. The Morgan fingerprint density at radius 2 is 1.50 bits per heavy atom. The molecular formula is C12H21NO3. The van der Waals surface area contributed by atoms with Gasteiger partial charge in [0.15, 0.2) is 0 Å². The van der Waals surface area contributed by atoms with Crippen LogP contribution in [0.25, 0.3) is 0 Å². The summed E-state index contributed by atoms with van der Waals surface area (Å²) in [6, 6.07) is 0.0473. The quantitative estimate of drug-likeness (QED) is 0.720. The summed E-state index contributed by atoms with van der Waals surface area (Å²) in [6.07, 6.45) is 0. The second kappa shape index (κ2) is 3.22. The van der Waals surface area contributed by atoms with Gasteiger partial charge < -0.3 is 10.4 Å². The Hall–Kier alpha value is -1.06. The van der Waals surface area contributed by atoms with Crippen molar-refractivity contribution in [2.75, 3.05) is 0 Å². The average molecular weight is 227 g/mol. The fraction of sp³-hybridized carbons (Fsp3) is 0.833. The second-order valence-corrected chi connectivity index (χ2v) is 6.28. The van der Waals surface area contributed by atoms with Crippen molar-refractivity contribution in [3.05, 3.63) is 0 Å². The molecule has 0 heterocycles. The third-order valence-corrected chi connectivity index (χ3v) is 4.40. The van der Waals surface area contributed by atoms with Crippen molar-refractivity contribution in [1.82, 2.24) is 5.32 Å². The van der Waals surface area contributed by atoms with Crippen molar-refractivity contribution < 1.29 is 14.7 Å². The number of carbonyl (C=O) groups is 2. The summed E-state index contributed by atoms with van der Waals surface area (Å²) >= 11 is 0. The van der Waals surface area contributed by atoms with Crippen LogP contribution >= 0.6 is 0 Å². The van der Waals surface area contributed by atoms with E-state index in [0.717, 1.165) is 0 Å². The number of carboxylic acids is 1. The minimum atomic E-state index is -1.37. The van der Waals surface area contributed by atoms with Gasteiger partial charge in [-0.15, -0.1) is 0 Å². The molecule has 1 amide bonds. The monoisotopic (exact) mass is 227 g/mol. The molecule has 0 aromatic rings. The van der Waals surface area contributed by atoms with Gasteiger partial charge in [0, 0.05) is 6.04 Å². The first kappa shape index (κ1) is 13.0. The molecule has 1 aliphatic rings.